The van der Waals surface area contributed by atoms with Crippen molar-refractivity contribution in [1.82, 2.24) is 4.98 Å². The number of carbonyl (C=O) groups is 2. The van der Waals surface area contributed by atoms with E-state index >= 15 is 0 Å². The number of nitrogens with one attached hydrogen (secondary N) is 1. The number of hydrogen-bond donors (Lipinski definition) is 3. The van der Waals surface area contributed by atoms with Crippen LogP contribution in [0.4, 0.5) is 5.69 Å². The van der Waals surface area contributed by atoms with Crippen LogP contribution in [0, 0.1) is 5.41 Å². The first-order chi connectivity index (χ1) is 9.44. The molecule has 20 heavy (non-hydrogen) atoms. The van der Waals surface area contributed by atoms with Gasteiger partial charge in [-0.15, -0.1) is 0 Å². The largest absolute Gasteiger partial charge is 0.480 e. The molecule has 0 bridgehead atoms. The highest BCUT2D eigenvalue weighted by molar-refractivity contribution is 6.31. The number of nitrogens with zero attached hydrogens (tertiary/aromatic N) is 1. The predicted molar refractivity (Wildman–Crippen MR) is 74.6 cm³/mol. The van der Waals surface area contributed by atoms with Gasteiger partial charge in [-0.1, -0.05) is 24.6 Å². The average molecular weight is 299 g/mol. The molecule has 0 radical (unpaired) electrons. The number of anilines is 1. The van der Waals surface area contributed by atoms with Gasteiger partial charge in [0.05, 0.1) is 5.69 Å². The minimum absolute atomic E-state index is 0.00431. The molecule has 0 aromatic carbocycles. The molecule has 6 nitrogen and oxygen atoms in total. The summed E-state index contributed by atoms with van der Waals surface area (Å²) >= 11 is 5.83. The maximum atomic E-state index is 11.1. The molecule has 0 atom stereocenters. The number of hydrogen-bond acceptors (Lipinski definition) is 4. The SMILES string of the molecule is CCC(CC=CNc1cccnc1Cl)(C(=O)O)C(=O)O. The van der Waals surface area contributed by atoms with Gasteiger partial charge in [-0.25, -0.2) is 4.98 Å². The molecule has 1 heterocycles. The van der Waals surface area contributed by atoms with E-state index in [-0.39, 0.29) is 18.0 Å². The molecule has 0 saturated heterocycles. The van der Waals surface area contributed by atoms with Crippen molar-refractivity contribution >= 4 is 29.2 Å². The van der Waals surface area contributed by atoms with Crippen LogP contribution < -0.4 is 5.32 Å². The Balaban J connectivity index is 2.74. The van der Waals surface area contributed by atoms with E-state index in [1.54, 1.807) is 12.1 Å². The molecule has 0 amide bonds. The fourth-order valence-electron chi connectivity index (χ4n) is 1.62. The Morgan fingerprint density at radius 3 is 2.60 bits per heavy atom. The van der Waals surface area contributed by atoms with Crippen molar-refractivity contribution in [1.29, 1.82) is 0 Å². The third-order valence-corrected chi connectivity index (χ3v) is 3.31. The molecular formula is C13H15ClN2O4. The maximum Gasteiger partial charge on any atom is 0.321 e. The van der Waals surface area contributed by atoms with Crippen LogP contribution in [0.3, 0.4) is 0 Å². The van der Waals surface area contributed by atoms with E-state index in [1.807, 2.05) is 0 Å². The molecule has 0 spiro atoms. The second-order valence-electron chi connectivity index (χ2n) is 4.14. The van der Waals surface area contributed by atoms with Crippen LogP contribution >= 0.6 is 11.6 Å². The highest BCUT2D eigenvalue weighted by atomic mass is 35.5. The lowest BCUT2D eigenvalue weighted by Gasteiger charge is -2.21. The van der Waals surface area contributed by atoms with E-state index in [2.05, 4.69) is 10.3 Å². The van der Waals surface area contributed by atoms with Crippen LogP contribution in [0.15, 0.2) is 30.6 Å². The summed E-state index contributed by atoms with van der Waals surface area (Å²) in [5, 5.41) is 21.3. The van der Waals surface area contributed by atoms with Gasteiger partial charge in [0.1, 0.15) is 0 Å². The van der Waals surface area contributed by atoms with E-state index < -0.39 is 17.4 Å². The van der Waals surface area contributed by atoms with Gasteiger partial charge in [-0.2, -0.15) is 0 Å². The van der Waals surface area contributed by atoms with Gasteiger partial charge in [-0.3, -0.25) is 9.59 Å². The summed E-state index contributed by atoms with van der Waals surface area (Å²) in [6, 6.07) is 3.38. The lowest BCUT2D eigenvalue weighted by atomic mass is 9.82. The quantitative estimate of drug-likeness (QED) is 0.528. The number of carboxylic acid groups (broad SMARTS) is 2. The molecular weight excluding hydrogens is 284 g/mol. The smallest absolute Gasteiger partial charge is 0.321 e. The molecule has 0 saturated carbocycles. The molecule has 7 heteroatoms. The first-order valence-electron chi connectivity index (χ1n) is 5.93. The third kappa shape index (κ3) is 3.48. The van der Waals surface area contributed by atoms with Crippen LogP contribution in [0.25, 0.3) is 0 Å². The van der Waals surface area contributed by atoms with Crippen molar-refractivity contribution in [2.75, 3.05) is 5.32 Å². The Bertz CT molecular complexity index is 517. The molecule has 0 fully saturated rings. The van der Waals surface area contributed by atoms with Crippen molar-refractivity contribution in [2.45, 2.75) is 19.8 Å². The Labute approximate surface area is 121 Å². The molecule has 1 aromatic rings. The number of allylic oxidation sites excluding steroid dienone is 1. The standard InChI is InChI=1S/C13H15ClN2O4/c1-2-13(11(17)18,12(19)20)6-4-8-15-9-5-3-7-16-10(9)14/h3-5,7-8,15H,2,6H2,1H3,(H,17,18)(H,19,20). The zero-order chi connectivity index (χ0) is 15.2. The fraction of sp³-hybridized carbons (Fsp3) is 0.308. The van der Waals surface area contributed by atoms with Crippen LogP contribution in [0.1, 0.15) is 19.8 Å². The van der Waals surface area contributed by atoms with Gasteiger partial charge in [-0.05, 0) is 31.2 Å². The van der Waals surface area contributed by atoms with Gasteiger partial charge in [0.15, 0.2) is 10.6 Å². The Morgan fingerprint density at radius 1 is 1.45 bits per heavy atom. The van der Waals surface area contributed by atoms with Crippen LogP contribution in [0.5, 0.6) is 0 Å². The maximum absolute atomic E-state index is 11.1. The van der Waals surface area contributed by atoms with Crippen molar-refractivity contribution in [3.8, 4) is 0 Å². The van der Waals surface area contributed by atoms with E-state index in [0.717, 1.165) is 0 Å². The summed E-state index contributed by atoms with van der Waals surface area (Å²) in [7, 11) is 0. The third-order valence-electron chi connectivity index (χ3n) is 3.00. The Kier molecular flexibility index (Phi) is 5.52. The Hall–Kier alpha value is -2.08. The van der Waals surface area contributed by atoms with Crippen molar-refractivity contribution in [2.24, 2.45) is 5.41 Å². The first-order valence-corrected chi connectivity index (χ1v) is 6.30. The van der Waals surface area contributed by atoms with Gasteiger partial charge >= 0.3 is 11.9 Å². The van der Waals surface area contributed by atoms with Gasteiger partial charge in [0.2, 0.25) is 0 Å². The van der Waals surface area contributed by atoms with E-state index in [0.29, 0.717) is 5.69 Å². The van der Waals surface area contributed by atoms with E-state index in [9.17, 15) is 9.59 Å². The number of rotatable bonds is 7. The van der Waals surface area contributed by atoms with Crippen molar-refractivity contribution in [3.05, 3.63) is 35.8 Å². The molecule has 1 rings (SSSR count). The Morgan fingerprint density at radius 2 is 2.10 bits per heavy atom. The van der Waals surface area contributed by atoms with E-state index in [1.165, 1.54) is 25.4 Å². The van der Waals surface area contributed by atoms with Crippen LogP contribution in [-0.2, 0) is 9.59 Å². The molecule has 3 N–H and O–H groups in total. The molecule has 108 valence electrons. The number of aromatic nitrogens is 1. The minimum Gasteiger partial charge on any atom is -0.480 e. The van der Waals surface area contributed by atoms with Gasteiger partial charge in [0.25, 0.3) is 0 Å². The minimum atomic E-state index is -1.81. The van der Waals surface area contributed by atoms with Crippen LogP contribution in [-0.4, -0.2) is 27.1 Å². The predicted octanol–water partition coefficient (Wildman–Crippen LogP) is 2.62. The van der Waals surface area contributed by atoms with Gasteiger partial charge in [0, 0.05) is 6.20 Å². The lowest BCUT2D eigenvalue weighted by molar-refractivity contribution is -0.164. The summed E-state index contributed by atoms with van der Waals surface area (Å²) < 4.78 is 0. The summed E-state index contributed by atoms with van der Waals surface area (Å²) in [6.07, 6.45) is 4.32. The van der Waals surface area contributed by atoms with E-state index in [4.69, 9.17) is 21.8 Å². The molecule has 0 aliphatic heterocycles. The molecule has 0 unspecified atom stereocenters. The fourth-order valence-corrected chi connectivity index (χ4v) is 1.79. The van der Waals surface area contributed by atoms with Crippen molar-refractivity contribution in [3.63, 3.8) is 0 Å². The first kappa shape index (κ1) is 16.0. The zero-order valence-electron chi connectivity index (χ0n) is 10.8. The van der Waals surface area contributed by atoms with Crippen molar-refractivity contribution < 1.29 is 19.8 Å². The summed E-state index contributed by atoms with van der Waals surface area (Å²) in [5.41, 5.74) is -1.25. The lowest BCUT2D eigenvalue weighted by Crippen LogP contribution is -2.38. The summed E-state index contributed by atoms with van der Waals surface area (Å²) in [4.78, 5) is 26.2. The topological polar surface area (TPSA) is 99.5 Å². The summed E-state index contributed by atoms with van der Waals surface area (Å²) in [6.45, 7) is 1.53. The average Bonchev–Trinajstić information content (AvgIpc) is 2.40. The highest BCUT2D eigenvalue weighted by Gasteiger charge is 2.43. The van der Waals surface area contributed by atoms with Gasteiger partial charge < -0.3 is 15.5 Å². The highest BCUT2D eigenvalue weighted by Crippen LogP contribution is 2.28. The number of pyridine rings is 1. The molecule has 0 aliphatic carbocycles. The second-order valence-corrected chi connectivity index (χ2v) is 4.50. The molecule has 1 aromatic heterocycles. The normalized spacial score (nSPS) is 11.5. The summed E-state index contributed by atoms with van der Waals surface area (Å²) in [5.74, 6) is -2.70. The number of aliphatic carboxylic acids is 2. The number of halogens is 1. The monoisotopic (exact) mass is 298 g/mol. The molecule has 0 aliphatic rings. The zero-order valence-corrected chi connectivity index (χ0v) is 11.6. The second kappa shape index (κ2) is 6.91. The van der Waals surface area contributed by atoms with Crippen LogP contribution in [0.2, 0.25) is 5.15 Å². The number of carboxylic acids is 2.